The Labute approximate surface area is 125 Å². The molecular formula is C14H21N3O3S. The van der Waals surface area contributed by atoms with Gasteiger partial charge in [-0.1, -0.05) is 18.9 Å². The minimum Gasteiger partial charge on any atom is -0.396 e. The van der Waals surface area contributed by atoms with Crippen LogP contribution < -0.4 is 16.4 Å². The smallest absolute Gasteiger partial charge is 0.236 e. The molecule has 0 spiro atoms. The number of carbonyl (C=O) groups is 1. The van der Waals surface area contributed by atoms with Gasteiger partial charge in [-0.3, -0.25) is 4.79 Å². The number of amides is 1. The van der Waals surface area contributed by atoms with Crippen LogP contribution >= 0.6 is 0 Å². The maximum Gasteiger partial charge on any atom is 0.236 e. The lowest BCUT2D eigenvalue weighted by atomic mass is 10.1. The highest BCUT2D eigenvalue weighted by Crippen LogP contribution is 2.34. The van der Waals surface area contributed by atoms with Crippen molar-refractivity contribution in [3.63, 3.8) is 0 Å². The van der Waals surface area contributed by atoms with E-state index in [1.807, 2.05) is 4.90 Å². The van der Waals surface area contributed by atoms with Gasteiger partial charge in [-0.05, 0) is 25.0 Å². The standard InChI is InChI=1S/C14H21N3O3S/c1-21(19,20)12-8-4-7-11(14(12)16)17(9-13(15)18)10-5-2-3-6-10/h4,7-8,10H,2-3,5-6,9,16H2,1H3,(H2,15,18). The van der Waals surface area contributed by atoms with Gasteiger partial charge in [0.1, 0.15) is 0 Å². The number of nitrogens with two attached hydrogens (primary N) is 2. The molecular weight excluding hydrogens is 290 g/mol. The van der Waals surface area contributed by atoms with Crippen LogP contribution in [0.15, 0.2) is 23.1 Å². The monoisotopic (exact) mass is 311 g/mol. The zero-order valence-electron chi connectivity index (χ0n) is 12.1. The molecule has 0 aliphatic heterocycles. The molecule has 0 unspecified atom stereocenters. The number of anilines is 2. The number of para-hydroxylation sites is 1. The number of primary amides is 1. The molecule has 7 heteroatoms. The van der Waals surface area contributed by atoms with Crippen LogP contribution in [-0.4, -0.2) is 33.2 Å². The third-order valence-electron chi connectivity index (χ3n) is 3.84. The van der Waals surface area contributed by atoms with Gasteiger partial charge >= 0.3 is 0 Å². The van der Waals surface area contributed by atoms with E-state index in [9.17, 15) is 13.2 Å². The maximum atomic E-state index is 11.8. The molecule has 0 radical (unpaired) electrons. The van der Waals surface area contributed by atoms with Gasteiger partial charge in [-0.2, -0.15) is 0 Å². The van der Waals surface area contributed by atoms with Crippen molar-refractivity contribution in [3.8, 4) is 0 Å². The van der Waals surface area contributed by atoms with Gasteiger partial charge in [-0.15, -0.1) is 0 Å². The second kappa shape index (κ2) is 5.93. The third kappa shape index (κ3) is 3.47. The number of nitrogen functional groups attached to an aromatic ring is 1. The number of carbonyl (C=O) groups excluding carboxylic acids is 1. The minimum absolute atomic E-state index is 0.0437. The summed E-state index contributed by atoms with van der Waals surface area (Å²) in [5.74, 6) is -0.453. The number of hydrogen-bond acceptors (Lipinski definition) is 5. The van der Waals surface area contributed by atoms with Crippen LogP contribution in [0.3, 0.4) is 0 Å². The Balaban J connectivity index is 2.47. The second-order valence-electron chi connectivity index (χ2n) is 5.49. The lowest BCUT2D eigenvalue weighted by Crippen LogP contribution is -2.40. The first-order valence-electron chi connectivity index (χ1n) is 6.94. The Kier molecular flexibility index (Phi) is 4.41. The maximum absolute atomic E-state index is 11.8. The van der Waals surface area contributed by atoms with Gasteiger partial charge in [0.05, 0.1) is 22.8 Å². The van der Waals surface area contributed by atoms with E-state index in [0.29, 0.717) is 5.69 Å². The van der Waals surface area contributed by atoms with E-state index < -0.39 is 15.7 Å². The van der Waals surface area contributed by atoms with E-state index in [1.165, 1.54) is 6.07 Å². The lowest BCUT2D eigenvalue weighted by Gasteiger charge is -2.31. The Morgan fingerprint density at radius 3 is 2.48 bits per heavy atom. The van der Waals surface area contributed by atoms with Crippen LogP contribution in [0.5, 0.6) is 0 Å². The van der Waals surface area contributed by atoms with Gasteiger partial charge in [0.2, 0.25) is 5.91 Å². The molecule has 6 nitrogen and oxygen atoms in total. The number of benzene rings is 1. The van der Waals surface area contributed by atoms with E-state index in [2.05, 4.69) is 0 Å². The zero-order chi connectivity index (χ0) is 15.6. The van der Waals surface area contributed by atoms with Gasteiger partial charge in [-0.25, -0.2) is 8.42 Å². The third-order valence-corrected chi connectivity index (χ3v) is 5.00. The number of sulfone groups is 1. The van der Waals surface area contributed by atoms with Crippen molar-refractivity contribution in [2.75, 3.05) is 23.4 Å². The average molecular weight is 311 g/mol. The Morgan fingerprint density at radius 1 is 1.33 bits per heavy atom. The molecule has 1 aliphatic rings. The molecule has 1 aliphatic carbocycles. The molecule has 1 fully saturated rings. The molecule has 1 aromatic rings. The number of rotatable bonds is 5. The molecule has 2 rings (SSSR count). The summed E-state index contributed by atoms with van der Waals surface area (Å²) < 4.78 is 23.6. The summed E-state index contributed by atoms with van der Waals surface area (Å²) in [6.07, 6.45) is 5.21. The molecule has 0 atom stereocenters. The fourth-order valence-corrected chi connectivity index (χ4v) is 3.73. The van der Waals surface area contributed by atoms with E-state index in [-0.39, 0.29) is 23.2 Å². The first-order chi connectivity index (χ1) is 9.80. The SMILES string of the molecule is CS(=O)(=O)c1cccc(N(CC(N)=O)C2CCCC2)c1N. The van der Waals surface area contributed by atoms with Crippen LogP contribution in [0.1, 0.15) is 25.7 Å². The summed E-state index contributed by atoms with van der Waals surface area (Å²) in [5, 5.41) is 0. The summed E-state index contributed by atoms with van der Waals surface area (Å²) >= 11 is 0. The Hall–Kier alpha value is -1.76. The van der Waals surface area contributed by atoms with Gasteiger partial charge < -0.3 is 16.4 Å². The summed E-state index contributed by atoms with van der Waals surface area (Å²) in [6.45, 7) is 0.0437. The van der Waals surface area contributed by atoms with Crippen molar-refractivity contribution in [2.45, 2.75) is 36.6 Å². The quantitative estimate of drug-likeness (QED) is 0.786. The molecule has 0 bridgehead atoms. The van der Waals surface area contributed by atoms with Crippen LogP contribution in [0.25, 0.3) is 0 Å². The Bertz CT molecular complexity index is 637. The first-order valence-corrected chi connectivity index (χ1v) is 8.83. The number of nitrogens with zero attached hydrogens (tertiary/aromatic N) is 1. The first kappa shape index (κ1) is 15.6. The van der Waals surface area contributed by atoms with Crippen molar-refractivity contribution < 1.29 is 13.2 Å². The predicted octanol–water partition coefficient (Wildman–Crippen LogP) is 0.907. The highest BCUT2D eigenvalue weighted by molar-refractivity contribution is 7.90. The summed E-state index contributed by atoms with van der Waals surface area (Å²) in [6, 6.07) is 5.04. The fraction of sp³-hybridized carbons (Fsp3) is 0.500. The Morgan fingerprint density at radius 2 is 1.95 bits per heavy atom. The molecule has 1 amide bonds. The van der Waals surface area contributed by atoms with Gasteiger partial charge in [0.15, 0.2) is 9.84 Å². The molecule has 0 saturated heterocycles. The molecule has 4 N–H and O–H groups in total. The van der Waals surface area contributed by atoms with Crippen LogP contribution in [0, 0.1) is 0 Å². The highest BCUT2D eigenvalue weighted by Gasteiger charge is 2.27. The van der Waals surface area contributed by atoms with Gasteiger partial charge in [0.25, 0.3) is 0 Å². The van der Waals surface area contributed by atoms with Gasteiger partial charge in [0, 0.05) is 12.3 Å². The van der Waals surface area contributed by atoms with Crippen molar-refractivity contribution in [3.05, 3.63) is 18.2 Å². The molecule has 0 heterocycles. The molecule has 21 heavy (non-hydrogen) atoms. The average Bonchev–Trinajstić information content (AvgIpc) is 2.88. The van der Waals surface area contributed by atoms with Crippen molar-refractivity contribution >= 4 is 27.1 Å². The summed E-state index contributed by atoms with van der Waals surface area (Å²) in [5.41, 5.74) is 12.1. The lowest BCUT2D eigenvalue weighted by molar-refractivity contribution is -0.116. The largest absolute Gasteiger partial charge is 0.396 e. The van der Waals surface area contributed by atoms with Crippen molar-refractivity contribution in [1.82, 2.24) is 0 Å². The normalized spacial score (nSPS) is 16.0. The second-order valence-corrected chi connectivity index (χ2v) is 7.48. The van der Waals surface area contributed by atoms with E-state index in [1.54, 1.807) is 12.1 Å². The summed E-state index contributed by atoms with van der Waals surface area (Å²) in [4.78, 5) is 13.3. The van der Waals surface area contributed by atoms with Crippen molar-refractivity contribution in [1.29, 1.82) is 0 Å². The topological polar surface area (TPSA) is 106 Å². The van der Waals surface area contributed by atoms with E-state index in [0.717, 1.165) is 31.9 Å². The molecule has 0 aromatic heterocycles. The molecule has 116 valence electrons. The van der Waals surface area contributed by atoms with Crippen LogP contribution in [0.2, 0.25) is 0 Å². The number of hydrogen-bond donors (Lipinski definition) is 2. The van der Waals surface area contributed by atoms with Crippen LogP contribution in [0.4, 0.5) is 11.4 Å². The van der Waals surface area contributed by atoms with E-state index >= 15 is 0 Å². The van der Waals surface area contributed by atoms with Crippen molar-refractivity contribution in [2.24, 2.45) is 5.73 Å². The molecule has 1 saturated carbocycles. The highest BCUT2D eigenvalue weighted by atomic mass is 32.2. The molecule has 1 aromatic carbocycles. The summed E-state index contributed by atoms with van der Waals surface area (Å²) in [7, 11) is -3.41. The predicted molar refractivity (Wildman–Crippen MR) is 82.8 cm³/mol. The minimum atomic E-state index is -3.41. The fourth-order valence-electron chi connectivity index (χ4n) is 2.90. The zero-order valence-corrected chi connectivity index (χ0v) is 12.9. The van der Waals surface area contributed by atoms with Crippen LogP contribution in [-0.2, 0) is 14.6 Å². The van der Waals surface area contributed by atoms with E-state index in [4.69, 9.17) is 11.5 Å².